The minimum atomic E-state index is -0.541. The highest BCUT2D eigenvalue weighted by molar-refractivity contribution is 7.10. The quantitative estimate of drug-likeness (QED) is 0.787. The van der Waals surface area contributed by atoms with Crippen LogP contribution >= 0.6 is 11.3 Å². The third-order valence-corrected chi connectivity index (χ3v) is 4.30. The Morgan fingerprint density at radius 3 is 2.85 bits per heavy atom. The molecule has 0 aliphatic heterocycles. The first-order valence-electron chi connectivity index (χ1n) is 6.23. The number of rotatable bonds is 5. The van der Waals surface area contributed by atoms with Gasteiger partial charge in [0.2, 0.25) is 0 Å². The van der Waals surface area contributed by atoms with Gasteiger partial charge >= 0.3 is 0 Å². The van der Waals surface area contributed by atoms with E-state index in [1.165, 1.54) is 17.1 Å². The second-order valence-electron chi connectivity index (χ2n) is 5.24. The van der Waals surface area contributed by atoms with Crippen molar-refractivity contribution in [2.45, 2.75) is 19.3 Å². The molecule has 2 rings (SSSR count). The van der Waals surface area contributed by atoms with Gasteiger partial charge in [-0.1, -0.05) is 19.9 Å². The molecule has 2 aromatic heterocycles. The summed E-state index contributed by atoms with van der Waals surface area (Å²) in [5.41, 5.74) is 11.6. The second kappa shape index (κ2) is 5.50. The number of amides is 1. The third kappa shape index (κ3) is 3.08. The first-order valence-corrected chi connectivity index (χ1v) is 7.11. The first kappa shape index (κ1) is 14.3. The highest BCUT2D eigenvalue weighted by Gasteiger charge is 2.22. The van der Waals surface area contributed by atoms with Crippen molar-refractivity contribution in [3.63, 3.8) is 0 Å². The predicted molar refractivity (Wildman–Crippen MR) is 83.0 cm³/mol. The normalized spacial score (nSPS) is 11.3. The number of nitrogens with zero attached hydrogens (tertiary/aromatic N) is 1. The number of thiophene rings is 1. The van der Waals surface area contributed by atoms with Crippen molar-refractivity contribution < 1.29 is 4.79 Å². The van der Waals surface area contributed by atoms with Crippen molar-refractivity contribution in [3.05, 3.63) is 40.2 Å². The molecule has 0 fully saturated rings. The van der Waals surface area contributed by atoms with Gasteiger partial charge in [0.1, 0.15) is 5.82 Å². The summed E-state index contributed by atoms with van der Waals surface area (Å²) >= 11 is 1.71. The van der Waals surface area contributed by atoms with Gasteiger partial charge in [0.15, 0.2) is 0 Å². The molecule has 0 bridgehead atoms. The van der Waals surface area contributed by atoms with Crippen LogP contribution in [0.5, 0.6) is 0 Å². The molecule has 20 heavy (non-hydrogen) atoms. The molecular formula is C14H18N4OS. The summed E-state index contributed by atoms with van der Waals surface area (Å²) in [4.78, 5) is 16.8. The van der Waals surface area contributed by atoms with Gasteiger partial charge in [-0.2, -0.15) is 0 Å². The van der Waals surface area contributed by atoms with Gasteiger partial charge in [-0.25, -0.2) is 4.98 Å². The van der Waals surface area contributed by atoms with Gasteiger partial charge in [0.25, 0.3) is 5.91 Å². The van der Waals surface area contributed by atoms with Crippen LogP contribution in [0, 0.1) is 0 Å². The maximum atomic E-state index is 11.4. The molecule has 1 amide bonds. The lowest BCUT2D eigenvalue weighted by atomic mass is 9.91. The van der Waals surface area contributed by atoms with Crippen LogP contribution in [-0.2, 0) is 5.41 Å². The molecule has 0 radical (unpaired) electrons. The number of nitrogens with one attached hydrogen (secondary N) is 1. The van der Waals surface area contributed by atoms with E-state index in [1.807, 2.05) is 11.4 Å². The molecular weight excluding hydrogens is 272 g/mol. The smallest absolute Gasteiger partial charge is 0.252 e. The maximum Gasteiger partial charge on any atom is 0.252 e. The largest absolute Gasteiger partial charge is 0.397 e. The zero-order valence-electron chi connectivity index (χ0n) is 11.5. The number of pyridine rings is 1. The Bertz CT molecular complexity index is 608. The fourth-order valence-corrected chi connectivity index (χ4v) is 2.72. The van der Waals surface area contributed by atoms with Gasteiger partial charge in [0.05, 0.1) is 17.4 Å². The lowest BCUT2D eigenvalue weighted by Crippen LogP contribution is -2.28. The van der Waals surface area contributed by atoms with Crippen LogP contribution in [0.2, 0.25) is 0 Å². The van der Waals surface area contributed by atoms with Crippen molar-refractivity contribution in [1.82, 2.24) is 4.98 Å². The molecule has 106 valence electrons. The molecule has 2 aromatic rings. The van der Waals surface area contributed by atoms with Gasteiger partial charge in [-0.05, 0) is 17.5 Å². The summed E-state index contributed by atoms with van der Waals surface area (Å²) in [5, 5.41) is 5.24. The fraction of sp³-hybridized carbons (Fsp3) is 0.286. The van der Waals surface area contributed by atoms with E-state index < -0.39 is 5.91 Å². The lowest BCUT2D eigenvalue weighted by molar-refractivity contribution is 0.100. The Kier molecular flexibility index (Phi) is 3.94. The van der Waals surface area contributed by atoms with Crippen molar-refractivity contribution in [2.24, 2.45) is 5.73 Å². The van der Waals surface area contributed by atoms with Crippen molar-refractivity contribution in [2.75, 3.05) is 17.6 Å². The van der Waals surface area contributed by atoms with Crippen molar-refractivity contribution >= 4 is 28.7 Å². The van der Waals surface area contributed by atoms with E-state index in [4.69, 9.17) is 11.5 Å². The summed E-state index contributed by atoms with van der Waals surface area (Å²) < 4.78 is 0. The van der Waals surface area contributed by atoms with Gasteiger partial charge < -0.3 is 16.8 Å². The zero-order chi connectivity index (χ0) is 14.8. The van der Waals surface area contributed by atoms with Crippen molar-refractivity contribution in [3.8, 4) is 0 Å². The van der Waals surface area contributed by atoms with Crippen LogP contribution in [0.3, 0.4) is 0 Å². The van der Waals surface area contributed by atoms with E-state index in [9.17, 15) is 4.79 Å². The number of carbonyl (C=O) groups is 1. The van der Waals surface area contributed by atoms with E-state index in [0.29, 0.717) is 23.6 Å². The number of anilines is 2. The average molecular weight is 290 g/mol. The SMILES string of the molecule is CC(C)(CNc1ncc(N)cc1C(N)=O)c1cccs1. The van der Waals surface area contributed by atoms with Crippen LogP contribution in [0.15, 0.2) is 29.8 Å². The van der Waals surface area contributed by atoms with Gasteiger partial charge in [0, 0.05) is 16.8 Å². The summed E-state index contributed by atoms with van der Waals surface area (Å²) in [5.74, 6) is -0.0717. The van der Waals surface area contributed by atoms with Crippen LogP contribution in [0.25, 0.3) is 0 Å². The van der Waals surface area contributed by atoms with Crippen molar-refractivity contribution in [1.29, 1.82) is 0 Å². The summed E-state index contributed by atoms with van der Waals surface area (Å²) in [6.07, 6.45) is 1.51. The Hall–Kier alpha value is -2.08. The molecule has 0 spiro atoms. The molecule has 0 aliphatic carbocycles. The third-order valence-electron chi connectivity index (χ3n) is 3.06. The Balaban J connectivity index is 2.17. The maximum absolute atomic E-state index is 11.4. The van der Waals surface area contributed by atoms with Crippen LogP contribution in [0.1, 0.15) is 29.1 Å². The molecule has 0 aliphatic rings. The summed E-state index contributed by atoms with van der Waals surface area (Å²) in [6, 6.07) is 5.66. The van der Waals surface area contributed by atoms with Crippen LogP contribution in [-0.4, -0.2) is 17.4 Å². The number of primary amides is 1. The highest BCUT2D eigenvalue weighted by Crippen LogP contribution is 2.28. The molecule has 6 heteroatoms. The number of nitrogen functional groups attached to an aromatic ring is 1. The first-order chi connectivity index (χ1) is 9.40. The molecule has 0 saturated carbocycles. The standard InChI is InChI=1S/C14H18N4OS/c1-14(2,11-4-3-5-20-11)8-18-13-10(12(16)19)6-9(15)7-17-13/h3-7H,8,15H2,1-2H3,(H2,16,19)(H,17,18). The fourth-order valence-electron chi connectivity index (χ4n) is 1.87. The van der Waals surface area contributed by atoms with Crippen LogP contribution in [0.4, 0.5) is 11.5 Å². The predicted octanol–water partition coefficient (Wildman–Crippen LogP) is 2.21. The van der Waals surface area contributed by atoms with E-state index in [-0.39, 0.29) is 5.41 Å². The minimum Gasteiger partial charge on any atom is -0.397 e. The number of hydrogen-bond acceptors (Lipinski definition) is 5. The topological polar surface area (TPSA) is 94.0 Å². The Morgan fingerprint density at radius 2 is 2.25 bits per heavy atom. The van der Waals surface area contributed by atoms with Gasteiger partial charge in [-0.3, -0.25) is 4.79 Å². The lowest BCUT2D eigenvalue weighted by Gasteiger charge is -2.24. The van der Waals surface area contributed by atoms with E-state index >= 15 is 0 Å². The molecule has 5 nitrogen and oxygen atoms in total. The number of aromatic nitrogens is 1. The average Bonchev–Trinajstić information content (AvgIpc) is 2.91. The molecule has 2 heterocycles. The molecule has 0 unspecified atom stereocenters. The van der Waals surface area contributed by atoms with E-state index in [2.05, 4.69) is 30.2 Å². The van der Waals surface area contributed by atoms with Crippen LogP contribution < -0.4 is 16.8 Å². The van der Waals surface area contributed by atoms with E-state index in [0.717, 1.165) is 0 Å². The highest BCUT2D eigenvalue weighted by atomic mass is 32.1. The molecule has 0 aromatic carbocycles. The zero-order valence-corrected chi connectivity index (χ0v) is 12.3. The number of nitrogens with two attached hydrogens (primary N) is 2. The summed E-state index contributed by atoms with van der Waals surface area (Å²) in [7, 11) is 0. The number of carbonyl (C=O) groups excluding carboxylic acids is 1. The summed E-state index contributed by atoms with van der Waals surface area (Å²) in [6.45, 7) is 4.91. The minimum absolute atomic E-state index is 0.0633. The van der Waals surface area contributed by atoms with Gasteiger partial charge in [-0.15, -0.1) is 11.3 Å². The molecule has 5 N–H and O–H groups in total. The Morgan fingerprint density at radius 1 is 1.50 bits per heavy atom. The number of hydrogen-bond donors (Lipinski definition) is 3. The second-order valence-corrected chi connectivity index (χ2v) is 6.19. The monoisotopic (exact) mass is 290 g/mol. The molecule has 0 saturated heterocycles. The molecule has 0 atom stereocenters. The Labute approximate surface area is 122 Å². The van der Waals surface area contributed by atoms with E-state index in [1.54, 1.807) is 11.3 Å².